The summed E-state index contributed by atoms with van der Waals surface area (Å²) in [6.45, 7) is 4.66. The summed E-state index contributed by atoms with van der Waals surface area (Å²) in [5.41, 5.74) is 0. The minimum atomic E-state index is -1.12. The Morgan fingerprint density at radius 2 is 0.930 bits per heavy atom. The first-order chi connectivity index (χ1) is 27.6. The number of rotatable bonds is 43. The molecule has 0 saturated heterocycles. The van der Waals surface area contributed by atoms with Crippen molar-refractivity contribution in [1.29, 1.82) is 0 Å². The average Bonchev–Trinajstić information content (AvgIpc) is 3.17. The van der Waals surface area contributed by atoms with E-state index in [-0.39, 0.29) is 42.7 Å². The number of aliphatic carboxylic acids is 1. The zero-order valence-electron chi connectivity index (χ0n) is 38.0. The molecule has 0 heterocycles. The predicted octanol–water partition coefficient (Wildman–Crippen LogP) is 11.9. The monoisotopic (exact) mass is 806 g/mol. The van der Waals surface area contributed by atoms with Crippen LogP contribution in [-0.4, -0.2) is 75.5 Å². The summed E-state index contributed by atoms with van der Waals surface area (Å²) >= 11 is 0. The minimum absolute atomic E-state index is 0.0416. The van der Waals surface area contributed by atoms with Crippen molar-refractivity contribution in [2.45, 2.75) is 231 Å². The number of hydrogen-bond acceptors (Lipinski definition) is 7. The van der Waals surface area contributed by atoms with Crippen LogP contribution >= 0.6 is 0 Å². The Balaban J connectivity index is 4.29. The third-order valence-electron chi connectivity index (χ3n) is 10.8. The molecule has 0 saturated carbocycles. The summed E-state index contributed by atoms with van der Waals surface area (Å²) in [4.78, 5) is 36.9. The van der Waals surface area contributed by atoms with Crippen molar-refractivity contribution in [3.8, 4) is 0 Å². The highest BCUT2D eigenvalue weighted by atomic mass is 16.6. The average molecular weight is 806 g/mol. The van der Waals surface area contributed by atoms with Crippen LogP contribution in [0.15, 0.2) is 24.3 Å². The molecule has 0 aromatic carbocycles. The molecule has 0 aromatic heterocycles. The van der Waals surface area contributed by atoms with Gasteiger partial charge in [-0.2, -0.15) is 0 Å². The van der Waals surface area contributed by atoms with E-state index in [2.05, 4.69) is 38.2 Å². The SMILES string of the molecule is CCCCC/C=C/C/C=C/CCCCCCCCCC(=O)OC(COCCC(C(=O)[O-])[N+](C)(C)C)COC(=O)CCCCCCCCCCCCCCCCCC. The molecular weight excluding hydrogens is 715 g/mol. The summed E-state index contributed by atoms with van der Waals surface area (Å²) in [6.07, 6.45) is 44.8. The third-order valence-corrected chi connectivity index (χ3v) is 10.8. The van der Waals surface area contributed by atoms with Crippen LogP contribution in [-0.2, 0) is 28.6 Å². The maximum atomic E-state index is 12.7. The van der Waals surface area contributed by atoms with E-state index in [9.17, 15) is 19.5 Å². The van der Waals surface area contributed by atoms with Gasteiger partial charge in [-0.1, -0.05) is 179 Å². The number of carbonyl (C=O) groups is 3. The Labute approximate surface area is 351 Å². The first-order valence-electron chi connectivity index (χ1n) is 23.9. The van der Waals surface area contributed by atoms with Crippen LogP contribution in [0, 0.1) is 0 Å². The molecular formula is C49H91NO7. The number of carboxylic acid groups (broad SMARTS) is 1. The molecule has 0 aliphatic heterocycles. The summed E-state index contributed by atoms with van der Waals surface area (Å²) < 4.78 is 17.2. The van der Waals surface area contributed by atoms with Crippen molar-refractivity contribution in [3.05, 3.63) is 24.3 Å². The van der Waals surface area contributed by atoms with E-state index in [1.807, 2.05) is 0 Å². The molecule has 0 N–H and O–H groups in total. The zero-order chi connectivity index (χ0) is 42.1. The van der Waals surface area contributed by atoms with E-state index in [0.29, 0.717) is 12.8 Å². The third kappa shape index (κ3) is 39.1. The normalized spacial score (nSPS) is 13.1. The molecule has 0 spiro atoms. The fraction of sp³-hybridized carbons (Fsp3) is 0.857. The second-order valence-electron chi connectivity index (χ2n) is 17.4. The van der Waals surface area contributed by atoms with Crippen LogP contribution in [0.4, 0.5) is 0 Å². The van der Waals surface area contributed by atoms with E-state index >= 15 is 0 Å². The first-order valence-corrected chi connectivity index (χ1v) is 23.9. The van der Waals surface area contributed by atoms with E-state index in [1.54, 1.807) is 21.1 Å². The molecule has 2 atom stereocenters. The summed E-state index contributed by atoms with van der Waals surface area (Å²) in [6, 6.07) is -0.724. The molecule has 2 unspecified atom stereocenters. The molecule has 0 aromatic rings. The molecule has 8 heteroatoms. The van der Waals surface area contributed by atoms with Crippen molar-refractivity contribution < 1.29 is 38.2 Å². The van der Waals surface area contributed by atoms with Crippen LogP contribution < -0.4 is 5.11 Å². The molecule has 0 aliphatic carbocycles. The van der Waals surface area contributed by atoms with Crippen molar-refractivity contribution in [2.75, 3.05) is 41.0 Å². The first kappa shape index (κ1) is 54.8. The van der Waals surface area contributed by atoms with Gasteiger partial charge in [-0.05, 0) is 44.9 Å². The Hall–Kier alpha value is -2.19. The lowest BCUT2D eigenvalue weighted by atomic mass is 10.0. The lowest BCUT2D eigenvalue weighted by Crippen LogP contribution is -2.55. The van der Waals surface area contributed by atoms with E-state index < -0.39 is 18.1 Å². The summed E-state index contributed by atoms with van der Waals surface area (Å²) in [5, 5.41) is 11.6. The highest BCUT2D eigenvalue weighted by Crippen LogP contribution is 2.16. The Kier molecular flexibility index (Phi) is 39.0. The van der Waals surface area contributed by atoms with Crippen molar-refractivity contribution in [1.82, 2.24) is 0 Å². The number of quaternary nitrogens is 1. The molecule has 8 nitrogen and oxygen atoms in total. The quantitative estimate of drug-likeness (QED) is 0.0262. The number of ether oxygens (including phenoxy) is 3. The number of nitrogens with zero attached hydrogens (tertiary/aromatic N) is 1. The van der Waals surface area contributed by atoms with Gasteiger partial charge in [0.1, 0.15) is 12.6 Å². The number of unbranched alkanes of at least 4 members (excludes halogenated alkanes) is 25. The molecule has 0 amide bonds. The maximum Gasteiger partial charge on any atom is 0.306 e. The maximum absolute atomic E-state index is 12.7. The number of hydrogen-bond donors (Lipinski definition) is 0. The molecule has 0 aliphatic rings. The Bertz CT molecular complexity index is 989. The predicted molar refractivity (Wildman–Crippen MR) is 236 cm³/mol. The lowest BCUT2D eigenvalue weighted by molar-refractivity contribution is -0.889. The van der Waals surface area contributed by atoms with Gasteiger partial charge in [0.05, 0.1) is 40.3 Å². The second-order valence-corrected chi connectivity index (χ2v) is 17.4. The minimum Gasteiger partial charge on any atom is -0.544 e. The second kappa shape index (κ2) is 40.6. The molecule has 0 fully saturated rings. The standard InChI is InChI=1S/C49H91NO7/c1-6-8-10-12-14-16-18-20-22-24-26-28-30-32-34-36-38-40-48(52)57-45(43-55-42-41-46(49(53)54)50(3,4)5)44-56-47(51)39-37-35-33-31-29-27-25-23-21-19-17-15-13-11-9-7-2/h14,16,20,22,45-46H,6-13,15,17-19,21,23-44H2,1-5H3/b16-14+,22-20+. The van der Waals surface area contributed by atoms with Gasteiger partial charge >= 0.3 is 11.9 Å². The van der Waals surface area contributed by atoms with E-state index in [4.69, 9.17) is 14.2 Å². The fourth-order valence-corrected chi connectivity index (χ4v) is 7.10. The van der Waals surface area contributed by atoms with E-state index in [1.165, 1.54) is 135 Å². The highest BCUT2D eigenvalue weighted by molar-refractivity contribution is 5.70. The lowest BCUT2D eigenvalue weighted by Gasteiger charge is -2.34. The smallest absolute Gasteiger partial charge is 0.306 e. The summed E-state index contributed by atoms with van der Waals surface area (Å²) in [7, 11) is 5.41. The van der Waals surface area contributed by atoms with Crippen LogP contribution in [0.5, 0.6) is 0 Å². The molecule has 0 rings (SSSR count). The van der Waals surface area contributed by atoms with Crippen LogP contribution in [0.3, 0.4) is 0 Å². The molecule has 334 valence electrons. The van der Waals surface area contributed by atoms with Gasteiger partial charge in [0, 0.05) is 19.3 Å². The van der Waals surface area contributed by atoms with Gasteiger partial charge < -0.3 is 28.6 Å². The van der Waals surface area contributed by atoms with Gasteiger partial charge in [-0.3, -0.25) is 9.59 Å². The van der Waals surface area contributed by atoms with Crippen LogP contribution in [0.1, 0.15) is 219 Å². The fourth-order valence-electron chi connectivity index (χ4n) is 7.10. The largest absolute Gasteiger partial charge is 0.544 e. The van der Waals surface area contributed by atoms with Gasteiger partial charge in [-0.25, -0.2) is 0 Å². The van der Waals surface area contributed by atoms with E-state index in [0.717, 1.165) is 51.4 Å². The van der Waals surface area contributed by atoms with Gasteiger partial charge in [0.25, 0.3) is 0 Å². The number of esters is 2. The van der Waals surface area contributed by atoms with Crippen LogP contribution in [0.2, 0.25) is 0 Å². The number of likely N-dealkylation sites (N-methyl/N-ethyl adjacent to an activating group) is 1. The van der Waals surface area contributed by atoms with Crippen molar-refractivity contribution >= 4 is 17.9 Å². The topological polar surface area (TPSA) is 102 Å². The van der Waals surface area contributed by atoms with Crippen molar-refractivity contribution in [2.24, 2.45) is 0 Å². The summed E-state index contributed by atoms with van der Waals surface area (Å²) in [5.74, 6) is -1.73. The Morgan fingerprint density at radius 3 is 1.39 bits per heavy atom. The molecule has 0 bridgehead atoms. The van der Waals surface area contributed by atoms with Gasteiger partial charge in [-0.15, -0.1) is 0 Å². The zero-order valence-corrected chi connectivity index (χ0v) is 38.0. The molecule has 0 radical (unpaired) electrons. The van der Waals surface area contributed by atoms with Gasteiger partial charge in [0.2, 0.25) is 0 Å². The number of carboxylic acids is 1. The Morgan fingerprint density at radius 1 is 0.526 bits per heavy atom. The highest BCUT2D eigenvalue weighted by Gasteiger charge is 2.25. The van der Waals surface area contributed by atoms with Crippen LogP contribution in [0.25, 0.3) is 0 Å². The van der Waals surface area contributed by atoms with Crippen molar-refractivity contribution in [3.63, 3.8) is 0 Å². The van der Waals surface area contributed by atoms with Gasteiger partial charge in [0.15, 0.2) is 6.10 Å². The molecule has 57 heavy (non-hydrogen) atoms. The number of allylic oxidation sites excluding steroid dienone is 4. The number of carbonyl (C=O) groups excluding carboxylic acids is 3.